The van der Waals surface area contributed by atoms with Crippen molar-refractivity contribution in [3.63, 3.8) is 0 Å². The van der Waals surface area contributed by atoms with E-state index in [-0.39, 0.29) is 24.0 Å². The van der Waals surface area contributed by atoms with Crippen molar-refractivity contribution in [1.82, 2.24) is 0 Å². The number of aliphatic carboxylic acids is 2. The Kier molecular flexibility index (Phi) is 6.32. The highest BCUT2D eigenvalue weighted by molar-refractivity contribution is 14.0. The molecule has 0 radical (unpaired) electrons. The van der Waals surface area contributed by atoms with Gasteiger partial charge in [-0.25, -0.2) is 9.59 Å². The number of hydrogen-bond donors (Lipinski definition) is 4. The first-order valence-electron chi connectivity index (χ1n) is 2.28. The predicted octanol–water partition coefficient (Wildman–Crippen LogP) is -1.50. The van der Waals surface area contributed by atoms with Crippen LogP contribution in [-0.4, -0.2) is 44.6 Å². The molecule has 0 aliphatic carbocycles. The van der Waals surface area contributed by atoms with E-state index in [0.29, 0.717) is 0 Å². The summed E-state index contributed by atoms with van der Waals surface area (Å²) in [7, 11) is 0. The van der Waals surface area contributed by atoms with E-state index in [9.17, 15) is 9.59 Å². The zero-order chi connectivity index (χ0) is 8.31. The molecule has 0 saturated heterocycles. The SMILES string of the molecule is I.O=C(O)C(O)C(O)C(=O)O. The van der Waals surface area contributed by atoms with E-state index < -0.39 is 24.1 Å². The maximum absolute atomic E-state index is 9.77. The van der Waals surface area contributed by atoms with Crippen LogP contribution in [-0.2, 0) is 9.59 Å². The highest BCUT2D eigenvalue weighted by Crippen LogP contribution is 1.92. The number of halogens is 1. The van der Waals surface area contributed by atoms with Gasteiger partial charge in [0.2, 0.25) is 0 Å². The maximum atomic E-state index is 9.77. The molecule has 0 heterocycles. The minimum Gasteiger partial charge on any atom is -0.479 e. The Hall–Kier alpha value is -0.410. The molecule has 0 fully saturated rings. The summed E-state index contributed by atoms with van der Waals surface area (Å²) < 4.78 is 0. The van der Waals surface area contributed by atoms with Crippen molar-refractivity contribution in [3.8, 4) is 0 Å². The second-order valence-corrected chi connectivity index (χ2v) is 1.57. The number of hydrogen-bond acceptors (Lipinski definition) is 4. The van der Waals surface area contributed by atoms with E-state index in [1.807, 2.05) is 0 Å². The summed E-state index contributed by atoms with van der Waals surface area (Å²) in [5, 5.41) is 32.5. The largest absolute Gasteiger partial charge is 0.479 e. The molecule has 66 valence electrons. The van der Waals surface area contributed by atoms with Crippen LogP contribution >= 0.6 is 24.0 Å². The Morgan fingerprint density at radius 3 is 1.18 bits per heavy atom. The fourth-order valence-corrected chi connectivity index (χ4v) is 0.270. The molecule has 0 rings (SSSR count). The molecule has 0 aliphatic heterocycles. The third kappa shape index (κ3) is 4.11. The lowest BCUT2D eigenvalue weighted by Crippen LogP contribution is -2.39. The average molecular weight is 278 g/mol. The lowest BCUT2D eigenvalue weighted by atomic mass is 10.2. The van der Waals surface area contributed by atoms with Crippen molar-refractivity contribution in [1.29, 1.82) is 0 Å². The monoisotopic (exact) mass is 278 g/mol. The van der Waals surface area contributed by atoms with Crippen molar-refractivity contribution < 1.29 is 30.0 Å². The fourth-order valence-electron chi connectivity index (χ4n) is 0.270. The van der Waals surface area contributed by atoms with E-state index in [4.69, 9.17) is 20.4 Å². The second-order valence-electron chi connectivity index (χ2n) is 1.57. The Morgan fingerprint density at radius 2 is 1.09 bits per heavy atom. The van der Waals surface area contributed by atoms with Gasteiger partial charge in [0, 0.05) is 0 Å². The molecule has 6 nitrogen and oxygen atoms in total. The van der Waals surface area contributed by atoms with Gasteiger partial charge >= 0.3 is 11.9 Å². The van der Waals surface area contributed by atoms with Crippen molar-refractivity contribution in [2.45, 2.75) is 12.2 Å². The third-order valence-electron chi connectivity index (χ3n) is 0.805. The molecule has 0 saturated carbocycles. The first-order chi connectivity index (χ1) is 4.46. The smallest absolute Gasteiger partial charge is 0.335 e. The molecule has 0 aliphatic rings. The van der Waals surface area contributed by atoms with Gasteiger partial charge in [0.25, 0.3) is 0 Å². The Morgan fingerprint density at radius 1 is 0.909 bits per heavy atom. The standard InChI is InChI=1S/C4H6O6.HI/c5-1(3(7)8)2(6)4(9)10;/h1-2,5-6H,(H,7,8)(H,9,10);1H. The molecular weight excluding hydrogens is 271 g/mol. The van der Waals surface area contributed by atoms with Gasteiger partial charge < -0.3 is 20.4 Å². The molecule has 0 spiro atoms. The van der Waals surface area contributed by atoms with Crippen molar-refractivity contribution in [3.05, 3.63) is 0 Å². The molecule has 2 unspecified atom stereocenters. The summed E-state index contributed by atoms with van der Waals surface area (Å²) in [6.07, 6.45) is -4.53. The molecular formula is C4H7IO6. The lowest BCUT2D eigenvalue weighted by molar-refractivity contribution is -0.165. The number of carbonyl (C=O) groups is 2. The van der Waals surface area contributed by atoms with Gasteiger partial charge in [0.1, 0.15) is 0 Å². The summed E-state index contributed by atoms with van der Waals surface area (Å²) in [5.41, 5.74) is 0. The normalized spacial score (nSPS) is 14.4. The van der Waals surface area contributed by atoms with Crippen molar-refractivity contribution >= 4 is 35.9 Å². The van der Waals surface area contributed by atoms with Crippen LogP contribution in [0, 0.1) is 0 Å². The number of aliphatic hydroxyl groups is 2. The number of carboxylic acids is 2. The molecule has 0 aromatic rings. The van der Waals surface area contributed by atoms with Crippen LogP contribution in [0.5, 0.6) is 0 Å². The van der Waals surface area contributed by atoms with Crippen LogP contribution in [0.1, 0.15) is 0 Å². The van der Waals surface area contributed by atoms with Crippen LogP contribution in [0.25, 0.3) is 0 Å². The molecule has 2 atom stereocenters. The number of rotatable bonds is 3. The van der Waals surface area contributed by atoms with Gasteiger partial charge in [-0.2, -0.15) is 0 Å². The molecule has 11 heavy (non-hydrogen) atoms. The minimum absolute atomic E-state index is 0. The summed E-state index contributed by atoms with van der Waals surface area (Å²) in [5.74, 6) is -3.54. The van der Waals surface area contributed by atoms with Crippen LogP contribution in [0.2, 0.25) is 0 Å². The minimum atomic E-state index is -2.27. The molecule has 0 aromatic heterocycles. The second kappa shape index (κ2) is 5.27. The first-order valence-corrected chi connectivity index (χ1v) is 2.28. The average Bonchev–Trinajstić information content (AvgIpc) is 1.84. The molecule has 0 aromatic carbocycles. The molecule has 4 N–H and O–H groups in total. The summed E-state index contributed by atoms with van der Waals surface area (Å²) >= 11 is 0. The van der Waals surface area contributed by atoms with E-state index >= 15 is 0 Å². The van der Waals surface area contributed by atoms with Crippen molar-refractivity contribution in [2.24, 2.45) is 0 Å². The number of aliphatic hydroxyl groups excluding tert-OH is 2. The highest BCUT2D eigenvalue weighted by Gasteiger charge is 2.29. The van der Waals surface area contributed by atoms with Crippen LogP contribution < -0.4 is 0 Å². The Balaban J connectivity index is 0. The zero-order valence-electron chi connectivity index (χ0n) is 5.17. The fraction of sp³-hybridized carbons (Fsp3) is 0.500. The van der Waals surface area contributed by atoms with Gasteiger partial charge in [0.15, 0.2) is 12.2 Å². The van der Waals surface area contributed by atoms with Crippen LogP contribution in [0.15, 0.2) is 0 Å². The van der Waals surface area contributed by atoms with Crippen LogP contribution in [0.3, 0.4) is 0 Å². The first kappa shape index (κ1) is 13.2. The zero-order valence-corrected chi connectivity index (χ0v) is 7.50. The van der Waals surface area contributed by atoms with Crippen molar-refractivity contribution in [2.75, 3.05) is 0 Å². The van der Waals surface area contributed by atoms with Gasteiger partial charge in [-0.05, 0) is 0 Å². The van der Waals surface area contributed by atoms with E-state index in [2.05, 4.69) is 0 Å². The molecule has 7 heteroatoms. The molecule has 0 bridgehead atoms. The summed E-state index contributed by atoms with van der Waals surface area (Å²) in [4.78, 5) is 19.5. The summed E-state index contributed by atoms with van der Waals surface area (Å²) in [6, 6.07) is 0. The molecule has 0 amide bonds. The topological polar surface area (TPSA) is 115 Å². The predicted molar refractivity (Wildman–Crippen MR) is 42.7 cm³/mol. The number of carboxylic acid groups (broad SMARTS) is 2. The quantitative estimate of drug-likeness (QED) is 0.467. The Bertz CT molecular complexity index is 139. The van der Waals surface area contributed by atoms with Gasteiger partial charge in [-0.1, -0.05) is 0 Å². The maximum Gasteiger partial charge on any atom is 0.335 e. The van der Waals surface area contributed by atoms with Gasteiger partial charge in [0.05, 0.1) is 0 Å². The highest BCUT2D eigenvalue weighted by atomic mass is 127. The third-order valence-corrected chi connectivity index (χ3v) is 0.805. The van der Waals surface area contributed by atoms with E-state index in [1.54, 1.807) is 0 Å². The summed E-state index contributed by atoms with van der Waals surface area (Å²) in [6.45, 7) is 0. The van der Waals surface area contributed by atoms with E-state index in [1.165, 1.54) is 0 Å². The Labute approximate surface area is 78.5 Å². The van der Waals surface area contributed by atoms with E-state index in [0.717, 1.165) is 0 Å². The van der Waals surface area contributed by atoms with Crippen LogP contribution in [0.4, 0.5) is 0 Å². The van der Waals surface area contributed by atoms with Gasteiger partial charge in [-0.3, -0.25) is 0 Å². The lowest BCUT2D eigenvalue weighted by Gasteiger charge is -2.07. The van der Waals surface area contributed by atoms with Gasteiger partial charge in [-0.15, -0.1) is 24.0 Å².